The van der Waals surface area contributed by atoms with Crippen molar-refractivity contribution >= 4 is 46.4 Å². The minimum Gasteiger partial charge on any atom is -0.451 e. The molecular weight excluding hydrogens is 400 g/mol. The number of halogens is 1. The molecule has 0 unspecified atom stereocenters. The molecule has 2 aromatic rings. The van der Waals surface area contributed by atoms with Crippen molar-refractivity contribution in [2.75, 3.05) is 5.32 Å². The summed E-state index contributed by atoms with van der Waals surface area (Å²) in [4.78, 5) is 37.7. The molecule has 1 aromatic carbocycles. The van der Waals surface area contributed by atoms with E-state index < -0.39 is 24.0 Å². The van der Waals surface area contributed by atoms with Crippen molar-refractivity contribution < 1.29 is 19.1 Å². The summed E-state index contributed by atoms with van der Waals surface area (Å²) >= 11 is 7.33. The summed E-state index contributed by atoms with van der Waals surface area (Å²) in [5.41, 5.74) is 1.27. The highest BCUT2D eigenvalue weighted by atomic mass is 35.5. The smallest absolute Gasteiger partial charge is 0.329 e. The van der Waals surface area contributed by atoms with Crippen LogP contribution in [0.15, 0.2) is 35.7 Å². The summed E-state index contributed by atoms with van der Waals surface area (Å²) in [7, 11) is 0. The van der Waals surface area contributed by atoms with Gasteiger partial charge in [0.2, 0.25) is 0 Å². The minimum atomic E-state index is -1.04. The zero-order valence-corrected chi connectivity index (χ0v) is 17.7. The molecule has 0 radical (unpaired) electrons. The highest BCUT2D eigenvalue weighted by molar-refractivity contribution is 7.12. The van der Waals surface area contributed by atoms with E-state index in [0.717, 1.165) is 5.56 Å². The average molecular weight is 423 g/mol. The maximum absolute atomic E-state index is 12.5. The van der Waals surface area contributed by atoms with E-state index in [-0.39, 0.29) is 11.8 Å². The molecule has 0 fully saturated rings. The Kier molecular flexibility index (Phi) is 7.60. The van der Waals surface area contributed by atoms with Gasteiger partial charge in [-0.25, -0.2) is 4.79 Å². The Hall–Kier alpha value is -2.38. The summed E-state index contributed by atoms with van der Waals surface area (Å²) in [6, 6.07) is 7.72. The third kappa shape index (κ3) is 5.56. The van der Waals surface area contributed by atoms with Crippen LogP contribution in [0.5, 0.6) is 0 Å². The molecule has 0 saturated carbocycles. The molecule has 1 heterocycles. The van der Waals surface area contributed by atoms with E-state index in [1.165, 1.54) is 18.3 Å². The number of ether oxygens (including phenoxy) is 1. The molecule has 0 aliphatic carbocycles. The van der Waals surface area contributed by atoms with Crippen molar-refractivity contribution in [3.8, 4) is 0 Å². The second kappa shape index (κ2) is 9.71. The minimum absolute atomic E-state index is 0.207. The van der Waals surface area contributed by atoms with Gasteiger partial charge in [-0.1, -0.05) is 37.6 Å². The monoisotopic (exact) mass is 422 g/mol. The molecule has 2 atom stereocenters. The molecule has 2 amide bonds. The van der Waals surface area contributed by atoms with E-state index in [2.05, 4.69) is 10.6 Å². The van der Waals surface area contributed by atoms with Crippen LogP contribution in [-0.2, 0) is 14.3 Å². The number of hydrogen-bond donors (Lipinski definition) is 2. The SMILES string of the molecule is Cc1c(Cl)cccc1NC(=O)[C@@H](C)OC(=O)[C@H](NC(=O)c1cccs1)C(C)C. The lowest BCUT2D eigenvalue weighted by atomic mass is 10.0. The number of anilines is 1. The number of amides is 2. The van der Waals surface area contributed by atoms with E-state index in [0.29, 0.717) is 15.6 Å². The maximum Gasteiger partial charge on any atom is 0.329 e. The Balaban J connectivity index is 2.00. The molecule has 6 nitrogen and oxygen atoms in total. The van der Waals surface area contributed by atoms with Crippen molar-refractivity contribution in [3.05, 3.63) is 51.2 Å². The first-order valence-corrected chi connectivity index (χ1v) is 10.1. The van der Waals surface area contributed by atoms with Crippen LogP contribution >= 0.6 is 22.9 Å². The molecule has 150 valence electrons. The Morgan fingerprint density at radius 3 is 2.43 bits per heavy atom. The molecule has 28 heavy (non-hydrogen) atoms. The van der Waals surface area contributed by atoms with Gasteiger partial charge in [0.1, 0.15) is 6.04 Å². The molecule has 0 saturated heterocycles. The number of rotatable bonds is 7. The summed E-state index contributed by atoms with van der Waals surface area (Å²) in [5, 5.41) is 7.68. The third-order valence-electron chi connectivity index (χ3n) is 4.14. The fourth-order valence-electron chi connectivity index (χ4n) is 2.40. The van der Waals surface area contributed by atoms with E-state index >= 15 is 0 Å². The first-order chi connectivity index (χ1) is 13.2. The molecule has 2 rings (SSSR count). The zero-order valence-electron chi connectivity index (χ0n) is 16.1. The van der Waals surface area contributed by atoms with Crippen LogP contribution < -0.4 is 10.6 Å². The second-order valence-electron chi connectivity index (χ2n) is 6.65. The molecule has 0 bridgehead atoms. The average Bonchev–Trinajstić information content (AvgIpc) is 3.17. The molecule has 0 aliphatic rings. The molecule has 0 spiro atoms. The highest BCUT2D eigenvalue weighted by Gasteiger charge is 2.29. The Bertz CT molecular complexity index is 852. The molecule has 1 aromatic heterocycles. The highest BCUT2D eigenvalue weighted by Crippen LogP contribution is 2.23. The standard InChI is InChI=1S/C20H23ClN2O4S/c1-11(2)17(23-19(25)16-9-6-10-28-16)20(26)27-13(4)18(24)22-15-8-5-7-14(21)12(15)3/h5-11,13,17H,1-4H3,(H,22,24)(H,23,25)/t13-,17-/m1/s1. The van der Waals surface area contributed by atoms with E-state index in [9.17, 15) is 14.4 Å². The predicted molar refractivity (Wildman–Crippen MR) is 111 cm³/mol. The quantitative estimate of drug-likeness (QED) is 0.659. The Morgan fingerprint density at radius 2 is 1.82 bits per heavy atom. The molecule has 8 heteroatoms. The summed E-state index contributed by atoms with van der Waals surface area (Å²) in [6.45, 7) is 6.84. The van der Waals surface area contributed by atoms with Crippen LogP contribution in [0.3, 0.4) is 0 Å². The van der Waals surface area contributed by atoms with Crippen molar-refractivity contribution in [2.24, 2.45) is 5.92 Å². The van der Waals surface area contributed by atoms with Crippen LogP contribution in [0, 0.1) is 12.8 Å². The van der Waals surface area contributed by atoms with E-state index in [1.54, 1.807) is 56.5 Å². The summed E-state index contributed by atoms with van der Waals surface area (Å²) < 4.78 is 5.30. The maximum atomic E-state index is 12.5. The molecule has 2 N–H and O–H groups in total. The van der Waals surface area contributed by atoms with Gasteiger partial charge in [0.05, 0.1) is 4.88 Å². The van der Waals surface area contributed by atoms with Gasteiger partial charge in [-0.2, -0.15) is 0 Å². The number of thiophene rings is 1. The number of carbonyl (C=O) groups excluding carboxylic acids is 3. The van der Waals surface area contributed by atoms with Gasteiger partial charge in [-0.05, 0) is 48.9 Å². The van der Waals surface area contributed by atoms with Crippen LogP contribution in [0.25, 0.3) is 0 Å². The third-order valence-corrected chi connectivity index (χ3v) is 5.42. The first kappa shape index (κ1) is 21.9. The lowest BCUT2D eigenvalue weighted by Crippen LogP contribution is -2.47. The zero-order chi connectivity index (χ0) is 20.8. The van der Waals surface area contributed by atoms with E-state index in [1.807, 2.05) is 0 Å². The van der Waals surface area contributed by atoms with Crippen LogP contribution in [0.4, 0.5) is 5.69 Å². The van der Waals surface area contributed by atoms with Crippen LogP contribution in [0.2, 0.25) is 5.02 Å². The number of benzene rings is 1. The molecular formula is C20H23ClN2O4S. The van der Waals surface area contributed by atoms with Crippen molar-refractivity contribution in [1.29, 1.82) is 0 Å². The Morgan fingerprint density at radius 1 is 1.11 bits per heavy atom. The van der Waals surface area contributed by atoms with E-state index in [4.69, 9.17) is 16.3 Å². The van der Waals surface area contributed by atoms with Crippen molar-refractivity contribution in [1.82, 2.24) is 5.32 Å². The molecule has 0 aliphatic heterocycles. The fraction of sp³-hybridized carbons (Fsp3) is 0.350. The van der Waals surface area contributed by atoms with Crippen molar-refractivity contribution in [3.63, 3.8) is 0 Å². The Labute approximate surface area is 173 Å². The lowest BCUT2D eigenvalue weighted by Gasteiger charge is -2.23. The number of carbonyl (C=O) groups is 3. The second-order valence-corrected chi connectivity index (χ2v) is 8.01. The van der Waals surface area contributed by atoms with Crippen molar-refractivity contribution in [2.45, 2.75) is 39.8 Å². The number of esters is 1. The topological polar surface area (TPSA) is 84.5 Å². The van der Waals surface area contributed by atoms with Crippen LogP contribution in [0.1, 0.15) is 36.0 Å². The van der Waals surface area contributed by atoms with Gasteiger partial charge in [0.25, 0.3) is 11.8 Å². The van der Waals surface area contributed by atoms with Gasteiger partial charge >= 0.3 is 5.97 Å². The predicted octanol–water partition coefficient (Wildman–Crippen LogP) is 4.03. The lowest BCUT2D eigenvalue weighted by molar-refractivity contribution is -0.156. The van der Waals surface area contributed by atoms with Crippen LogP contribution in [-0.4, -0.2) is 29.9 Å². The summed E-state index contributed by atoms with van der Waals surface area (Å²) in [5.74, 6) is -1.70. The van der Waals surface area contributed by atoms with Gasteiger partial charge in [-0.3, -0.25) is 9.59 Å². The number of hydrogen-bond acceptors (Lipinski definition) is 5. The normalized spacial score (nSPS) is 12.9. The van der Waals surface area contributed by atoms with Gasteiger partial charge in [0.15, 0.2) is 6.10 Å². The largest absolute Gasteiger partial charge is 0.451 e. The first-order valence-electron chi connectivity index (χ1n) is 8.81. The van der Waals surface area contributed by atoms with Gasteiger partial charge in [0, 0.05) is 10.7 Å². The fourth-order valence-corrected chi connectivity index (χ4v) is 3.20. The summed E-state index contributed by atoms with van der Waals surface area (Å²) in [6.07, 6.45) is -1.04. The number of nitrogens with one attached hydrogen (secondary N) is 2. The van der Waals surface area contributed by atoms with Gasteiger partial charge < -0.3 is 15.4 Å². The van der Waals surface area contributed by atoms with Gasteiger partial charge in [-0.15, -0.1) is 11.3 Å².